The summed E-state index contributed by atoms with van der Waals surface area (Å²) in [6, 6.07) is 16.1. The minimum atomic E-state index is 0.871. The van der Waals surface area contributed by atoms with E-state index < -0.39 is 0 Å². The molecule has 2 nitrogen and oxygen atoms in total. The second-order valence-corrected chi connectivity index (χ2v) is 3.67. The van der Waals surface area contributed by atoms with Crippen molar-refractivity contribution in [1.29, 1.82) is 0 Å². The minimum Gasteiger partial charge on any atom is -0.497 e. The number of methoxy groups -OCH3 is 1. The van der Waals surface area contributed by atoms with Crippen LogP contribution >= 0.6 is 0 Å². The number of ether oxygens (including phenoxy) is 1. The molecular formula is C14H15NO. The van der Waals surface area contributed by atoms with Crippen LogP contribution < -0.4 is 10.1 Å². The van der Waals surface area contributed by atoms with Crippen molar-refractivity contribution in [3.05, 3.63) is 54.1 Å². The van der Waals surface area contributed by atoms with Crippen molar-refractivity contribution in [3.8, 4) is 5.75 Å². The van der Waals surface area contributed by atoms with Gasteiger partial charge in [0.25, 0.3) is 0 Å². The Kier molecular flexibility index (Phi) is 3.10. The van der Waals surface area contributed by atoms with Crippen molar-refractivity contribution < 1.29 is 4.74 Å². The molecule has 1 N–H and O–H groups in total. The first kappa shape index (κ1) is 10.6. The Bertz CT molecular complexity index is 462. The van der Waals surface area contributed by atoms with Crippen molar-refractivity contribution in [3.63, 3.8) is 0 Å². The van der Waals surface area contributed by atoms with Crippen LogP contribution in [0.3, 0.4) is 0 Å². The normalized spacial score (nSPS) is 9.88. The van der Waals surface area contributed by atoms with Crippen LogP contribution in [0.15, 0.2) is 48.5 Å². The summed E-state index contributed by atoms with van der Waals surface area (Å²) in [5, 5.41) is 3.37. The van der Waals surface area contributed by atoms with Gasteiger partial charge < -0.3 is 10.1 Å². The molecule has 2 rings (SSSR count). The van der Waals surface area contributed by atoms with E-state index in [4.69, 9.17) is 4.74 Å². The maximum atomic E-state index is 5.12. The molecule has 0 atom stereocenters. The Morgan fingerprint density at radius 2 is 1.62 bits per heavy atom. The Morgan fingerprint density at radius 3 is 2.25 bits per heavy atom. The summed E-state index contributed by atoms with van der Waals surface area (Å²) in [5.41, 5.74) is 3.43. The number of nitrogens with one attached hydrogen (secondary N) is 1. The summed E-state index contributed by atoms with van der Waals surface area (Å²) in [5.74, 6) is 0.871. The van der Waals surface area contributed by atoms with E-state index in [2.05, 4.69) is 24.4 Å². The molecule has 0 aliphatic heterocycles. The highest BCUT2D eigenvalue weighted by molar-refractivity contribution is 5.63. The highest BCUT2D eigenvalue weighted by atomic mass is 16.5. The van der Waals surface area contributed by atoms with Gasteiger partial charge in [-0.15, -0.1) is 0 Å². The predicted molar refractivity (Wildman–Crippen MR) is 67.5 cm³/mol. The Labute approximate surface area is 95.9 Å². The molecule has 0 spiro atoms. The standard InChI is InChI=1S/C14H15NO/c1-11-5-3-4-6-14(11)15-12-7-9-13(16-2)10-8-12/h3-10,15H,1-2H3. The molecule has 0 radical (unpaired) electrons. The van der Waals surface area contributed by atoms with Gasteiger partial charge in [0.1, 0.15) is 5.75 Å². The molecule has 2 heteroatoms. The van der Waals surface area contributed by atoms with Crippen LogP contribution in [-0.4, -0.2) is 7.11 Å². The van der Waals surface area contributed by atoms with E-state index in [1.165, 1.54) is 5.56 Å². The topological polar surface area (TPSA) is 21.3 Å². The summed E-state index contributed by atoms with van der Waals surface area (Å²) in [7, 11) is 1.67. The van der Waals surface area contributed by atoms with Gasteiger partial charge in [0, 0.05) is 11.4 Å². The van der Waals surface area contributed by atoms with E-state index in [1.807, 2.05) is 36.4 Å². The molecule has 0 saturated carbocycles. The van der Waals surface area contributed by atoms with Crippen LogP contribution in [0.2, 0.25) is 0 Å². The number of hydrogen-bond donors (Lipinski definition) is 1. The van der Waals surface area contributed by atoms with Crippen molar-refractivity contribution in [1.82, 2.24) is 0 Å². The quantitative estimate of drug-likeness (QED) is 0.838. The molecular weight excluding hydrogens is 198 g/mol. The Balaban J connectivity index is 2.18. The molecule has 0 heterocycles. The number of anilines is 2. The zero-order valence-electron chi connectivity index (χ0n) is 9.53. The lowest BCUT2D eigenvalue weighted by molar-refractivity contribution is 0.415. The maximum Gasteiger partial charge on any atom is 0.119 e. The minimum absolute atomic E-state index is 0.871. The average molecular weight is 213 g/mol. The number of benzene rings is 2. The first-order chi connectivity index (χ1) is 7.79. The highest BCUT2D eigenvalue weighted by Gasteiger charge is 1.97. The lowest BCUT2D eigenvalue weighted by atomic mass is 10.2. The summed E-state index contributed by atoms with van der Waals surface area (Å²) in [4.78, 5) is 0. The smallest absolute Gasteiger partial charge is 0.119 e. The lowest BCUT2D eigenvalue weighted by Gasteiger charge is -2.09. The first-order valence-corrected chi connectivity index (χ1v) is 5.26. The fraction of sp³-hybridized carbons (Fsp3) is 0.143. The molecule has 0 saturated heterocycles. The molecule has 0 fully saturated rings. The fourth-order valence-corrected chi connectivity index (χ4v) is 1.54. The predicted octanol–water partition coefficient (Wildman–Crippen LogP) is 3.75. The lowest BCUT2D eigenvalue weighted by Crippen LogP contribution is -1.92. The van der Waals surface area contributed by atoms with E-state index >= 15 is 0 Å². The molecule has 0 aromatic heterocycles. The van der Waals surface area contributed by atoms with Crippen LogP contribution in [0, 0.1) is 6.92 Å². The Morgan fingerprint density at radius 1 is 0.938 bits per heavy atom. The van der Waals surface area contributed by atoms with Gasteiger partial charge in [0.15, 0.2) is 0 Å². The van der Waals surface area contributed by atoms with Crippen LogP contribution in [0.5, 0.6) is 5.75 Å². The number of rotatable bonds is 3. The molecule has 0 amide bonds. The van der Waals surface area contributed by atoms with E-state index in [0.717, 1.165) is 17.1 Å². The number of hydrogen-bond acceptors (Lipinski definition) is 2. The SMILES string of the molecule is COc1ccc(Nc2ccccc2C)cc1. The maximum absolute atomic E-state index is 5.12. The van der Waals surface area contributed by atoms with Gasteiger partial charge in [-0.05, 0) is 42.8 Å². The summed E-state index contributed by atoms with van der Waals surface area (Å²) in [6.45, 7) is 2.09. The molecule has 16 heavy (non-hydrogen) atoms. The first-order valence-electron chi connectivity index (χ1n) is 5.26. The van der Waals surface area contributed by atoms with Gasteiger partial charge in [-0.1, -0.05) is 18.2 Å². The highest BCUT2D eigenvalue weighted by Crippen LogP contribution is 2.21. The monoisotopic (exact) mass is 213 g/mol. The van der Waals surface area contributed by atoms with E-state index in [0.29, 0.717) is 0 Å². The Hall–Kier alpha value is -1.96. The van der Waals surface area contributed by atoms with Crippen molar-refractivity contribution in [2.75, 3.05) is 12.4 Å². The largest absolute Gasteiger partial charge is 0.497 e. The van der Waals surface area contributed by atoms with Gasteiger partial charge in [0.2, 0.25) is 0 Å². The average Bonchev–Trinajstić information content (AvgIpc) is 2.33. The molecule has 0 bridgehead atoms. The van der Waals surface area contributed by atoms with Crippen LogP contribution in [0.4, 0.5) is 11.4 Å². The van der Waals surface area contributed by atoms with Gasteiger partial charge in [0.05, 0.1) is 7.11 Å². The molecule has 2 aromatic rings. The number of para-hydroxylation sites is 1. The van der Waals surface area contributed by atoms with Gasteiger partial charge in [-0.25, -0.2) is 0 Å². The zero-order valence-corrected chi connectivity index (χ0v) is 9.53. The van der Waals surface area contributed by atoms with Gasteiger partial charge in [-0.2, -0.15) is 0 Å². The van der Waals surface area contributed by atoms with Crippen molar-refractivity contribution in [2.45, 2.75) is 6.92 Å². The summed E-state index contributed by atoms with van der Waals surface area (Å²) < 4.78 is 5.12. The molecule has 0 unspecified atom stereocenters. The molecule has 0 aliphatic rings. The van der Waals surface area contributed by atoms with Crippen LogP contribution in [-0.2, 0) is 0 Å². The van der Waals surface area contributed by atoms with Gasteiger partial charge in [-0.3, -0.25) is 0 Å². The second kappa shape index (κ2) is 4.71. The van der Waals surface area contributed by atoms with E-state index in [-0.39, 0.29) is 0 Å². The molecule has 82 valence electrons. The third-order valence-corrected chi connectivity index (χ3v) is 2.51. The van der Waals surface area contributed by atoms with Crippen LogP contribution in [0.1, 0.15) is 5.56 Å². The second-order valence-electron chi connectivity index (χ2n) is 3.67. The van der Waals surface area contributed by atoms with Crippen molar-refractivity contribution in [2.24, 2.45) is 0 Å². The van der Waals surface area contributed by atoms with E-state index in [1.54, 1.807) is 7.11 Å². The molecule has 2 aromatic carbocycles. The van der Waals surface area contributed by atoms with E-state index in [9.17, 15) is 0 Å². The van der Waals surface area contributed by atoms with Crippen LogP contribution in [0.25, 0.3) is 0 Å². The third-order valence-electron chi connectivity index (χ3n) is 2.51. The third kappa shape index (κ3) is 2.34. The summed E-state index contributed by atoms with van der Waals surface area (Å²) >= 11 is 0. The zero-order chi connectivity index (χ0) is 11.4. The number of aryl methyl sites for hydroxylation is 1. The van der Waals surface area contributed by atoms with Gasteiger partial charge >= 0.3 is 0 Å². The fourth-order valence-electron chi connectivity index (χ4n) is 1.54. The van der Waals surface area contributed by atoms with Crippen molar-refractivity contribution >= 4 is 11.4 Å². The molecule has 0 aliphatic carbocycles. The summed E-state index contributed by atoms with van der Waals surface area (Å²) in [6.07, 6.45) is 0.